The molecule has 0 atom stereocenters. The molecule has 0 aliphatic heterocycles. The number of H-pyrrole nitrogens is 1. The lowest BCUT2D eigenvalue weighted by atomic mass is 10.1. The largest absolute Gasteiger partial charge is 0.381 e. The Kier molecular flexibility index (Phi) is 3.41. The third-order valence-electron chi connectivity index (χ3n) is 3.11. The molecule has 1 aromatic heterocycles. The highest BCUT2D eigenvalue weighted by Gasteiger charge is 2.02. The van der Waals surface area contributed by atoms with Gasteiger partial charge in [-0.05, 0) is 42.0 Å². The second kappa shape index (κ2) is 5.52. The molecule has 3 aromatic rings. The van der Waals surface area contributed by atoms with E-state index in [-0.39, 0.29) is 0 Å². The monoisotopic (exact) mass is 265 g/mol. The van der Waals surface area contributed by atoms with Crippen molar-refractivity contribution < 1.29 is 0 Å². The third kappa shape index (κ3) is 2.83. The summed E-state index contributed by atoms with van der Waals surface area (Å²) in [5.41, 5.74) is 4.55. The molecule has 0 aliphatic rings. The van der Waals surface area contributed by atoms with Crippen molar-refractivity contribution in [2.45, 2.75) is 13.5 Å². The molecule has 0 saturated heterocycles. The minimum absolute atomic E-state index is 0.607. The van der Waals surface area contributed by atoms with Gasteiger partial charge in [0, 0.05) is 17.8 Å². The summed E-state index contributed by atoms with van der Waals surface area (Å²) < 4.78 is 0. The van der Waals surface area contributed by atoms with Crippen LogP contribution >= 0.6 is 0 Å². The second-order valence-corrected chi connectivity index (χ2v) is 4.65. The Labute approximate surface area is 117 Å². The number of anilines is 1. The maximum Gasteiger partial charge on any atom is 0.204 e. The summed E-state index contributed by atoms with van der Waals surface area (Å²) in [5, 5.41) is 17.3. The summed E-state index contributed by atoms with van der Waals surface area (Å²) in [4.78, 5) is 0. The predicted molar refractivity (Wildman–Crippen MR) is 78.1 cm³/mol. The normalized spacial score (nSPS) is 10.4. The molecule has 0 radical (unpaired) electrons. The van der Waals surface area contributed by atoms with Crippen molar-refractivity contribution >= 4 is 5.69 Å². The Balaban J connectivity index is 1.65. The van der Waals surface area contributed by atoms with Gasteiger partial charge in [-0.2, -0.15) is 5.21 Å². The van der Waals surface area contributed by atoms with Crippen LogP contribution in [-0.2, 0) is 6.54 Å². The van der Waals surface area contributed by atoms with Gasteiger partial charge in [-0.3, -0.25) is 0 Å². The Morgan fingerprint density at radius 1 is 1.00 bits per heavy atom. The van der Waals surface area contributed by atoms with Gasteiger partial charge in [0.1, 0.15) is 0 Å². The van der Waals surface area contributed by atoms with Crippen molar-refractivity contribution in [2.75, 3.05) is 5.32 Å². The third-order valence-corrected chi connectivity index (χ3v) is 3.11. The molecule has 0 unspecified atom stereocenters. The maximum absolute atomic E-state index is 3.95. The molecule has 100 valence electrons. The average Bonchev–Trinajstić information content (AvgIpc) is 3.01. The van der Waals surface area contributed by atoms with Crippen LogP contribution in [0.25, 0.3) is 11.4 Å². The van der Waals surface area contributed by atoms with Crippen molar-refractivity contribution in [1.29, 1.82) is 0 Å². The van der Waals surface area contributed by atoms with E-state index in [1.807, 2.05) is 24.3 Å². The molecule has 0 saturated carbocycles. The van der Waals surface area contributed by atoms with Crippen LogP contribution in [0.1, 0.15) is 11.1 Å². The van der Waals surface area contributed by atoms with Crippen LogP contribution in [0.3, 0.4) is 0 Å². The molecule has 2 aromatic carbocycles. The number of benzene rings is 2. The summed E-state index contributed by atoms with van der Waals surface area (Å²) >= 11 is 0. The smallest absolute Gasteiger partial charge is 0.204 e. The van der Waals surface area contributed by atoms with Gasteiger partial charge >= 0.3 is 0 Å². The molecular weight excluding hydrogens is 250 g/mol. The fraction of sp³-hybridized carbons (Fsp3) is 0.133. The molecule has 3 rings (SSSR count). The van der Waals surface area contributed by atoms with Crippen LogP contribution < -0.4 is 5.32 Å². The van der Waals surface area contributed by atoms with E-state index in [9.17, 15) is 0 Å². The van der Waals surface area contributed by atoms with Gasteiger partial charge in [0.25, 0.3) is 0 Å². The molecule has 0 aliphatic carbocycles. The lowest BCUT2D eigenvalue weighted by Gasteiger charge is -2.07. The van der Waals surface area contributed by atoms with Crippen LogP contribution in [0.15, 0.2) is 48.5 Å². The van der Waals surface area contributed by atoms with Gasteiger partial charge in [0.15, 0.2) is 0 Å². The molecule has 0 spiro atoms. The molecule has 5 heteroatoms. The van der Waals surface area contributed by atoms with Crippen LogP contribution in [-0.4, -0.2) is 20.6 Å². The molecule has 20 heavy (non-hydrogen) atoms. The predicted octanol–water partition coefficient (Wildman–Crippen LogP) is 2.79. The summed E-state index contributed by atoms with van der Waals surface area (Å²) in [6.45, 7) is 2.90. The molecule has 0 bridgehead atoms. The van der Waals surface area contributed by atoms with E-state index in [0.29, 0.717) is 5.82 Å². The van der Waals surface area contributed by atoms with Crippen molar-refractivity contribution in [3.05, 3.63) is 59.7 Å². The quantitative estimate of drug-likeness (QED) is 0.761. The molecule has 5 nitrogen and oxygen atoms in total. The fourth-order valence-corrected chi connectivity index (χ4v) is 1.93. The van der Waals surface area contributed by atoms with E-state index in [4.69, 9.17) is 0 Å². The molecule has 1 heterocycles. The van der Waals surface area contributed by atoms with E-state index in [0.717, 1.165) is 17.8 Å². The maximum atomic E-state index is 3.95. The van der Waals surface area contributed by atoms with Gasteiger partial charge < -0.3 is 5.32 Å². The van der Waals surface area contributed by atoms with E-state index in [1.165, 1.54) is 11.1 Å². The highest BCUT2D eigenvalue weighted by molar-refractivity contribution is 5.59. The molecule has 0 fully saturated rings. The zero-order valence-electron chi connectivity index (χ0n) is 11.2. The molecule has 0 amide bonds. The number of nitrogens with zero attached hydrogens (tertiary/aromatic N) is 3. The Morgan fingerprint density at radius 3 is 2.40 bits per heavy atom. The van der Waals surface area contributed by atoms with Gasteiger partial charge in [-0.25, -0.2) is 0 Å². The number of nitrogens with one attached hydrogen (secondary N) is 2. The fourth-order valence-electron chi connectivity index (χ4n) is 1.93. The van der Waals surface area contributed by atoms with E-state index < -0.39 is 0 Å². The van der Waals surface area contributed by atoms with E-state index in [1.54, 1.807) is 0 Å². The number of aromatic amines is 1. The Hall–Kier alpha value is -2.69. The number of hydrogen-bond acceptors (Lipinski definition) is 4. The van der Waals surface area contributed by atoms with Crippen LogP contribution in [0.5, 0.6) is 0 Å². The van der Waals surface area contributed by atoms with Crippen molar-refractivity contribution in [3.63, 3.8) is 0 Å². The van der Waals surface area contributed by atoms with Gasteiger partial charge in [-0.1, -0.05) is 29.8 Å². The summed E-state index contributed by atoms with van der Waals surface area (Å²) in [6, 6.07) is 16.5. The lowest BCUT2D eigenvalue weighted by Crippen LogP contribution is -1.99. The van der Waals surface area contributed by atoms with Crippen molar-refractivity contribution in [3.8, 4) is 11.4 Å². The first-order valence-electron chi connectivity index (χ1n) is 6.44. The van der Waals surface area contributed by atoms with Crippen LogP contribution in [0, 0.1) is 6.92 Å². The number of aromatic nitrogens is 4. The van der Waals surface area contributed by atoms with Gasteiger partial charge in [-0.15, -0.1) is 10.2 Å². The van der Waals surface area contributed by atoms with Gasteiger partial charge in [0.05, 0.1) is 0 Å². The Bertz CT molecular complexity index is 656. The minimum Gasteiger partial charge on any atom is -0.381 e. The number of aryl methyl sites for hydroxylation is 1. The highest BCUT2D eigenvalue weighted by Crippen LogP contribution is 2.17. The topological polar surface area (TPSA) is 66.5 Å². The van der Waals surface area contributed by atoms with E-state index >= 15 is 0 Å². The molecular formula is C15H15N5. The zero-order valence-corrected chi connectivity index (χ0v) is 11.2. The number of hydrogen-bond donors (Lipinski definition) is 2. The van der Waals surface area contributed by atoms with Crippen molar-refractivity contribution in [1.82, 2.24) is 20.6 Å². The molecule has 2 N–H and O–H groups in total. The number of rotatable bonds is 4. The number of tetrazole rings is 1. The first-order valence-corrected chi connectivity index (χ1v) is 6.44. The standard InChI is InChI=1S/C15H15N5/c1-11-2-4-12(5-3-11)10-16-14-8-6-13(7-9-14)15-17-19-20-18-15/h2-9,16H,10H2,1H3,(H,17,18,19,20). The second-order valence-electron chi connectivity index (χ2n) is 4.65. The summed E-state index contributed by atoms with van der Waals surface area (Å²) in [6.07, 6.45) is 0. The van der Waals surface area contributed by atoms with Gasteiger partial charge in [0.2, 0.25) is 5.82 Å². The highest BCUT2D eigenvalue weighted by atomic mass is 15.5. The first kappa shape index (κ1) is 12.3. The first-order chi connectivity index (χ1) is 9.81. The van der Waals surface area contributed by atoms with E-state index in [2.05, 4.69) is 57.1 Å². The lowest BCUT2D eigenvalue weighted by molar-refractivity contribution is 0.881. The summed E-state index contributed by atoms with van der Waals surface area (Å²) in [5.74, 6) is 0.607. The Morgan fingerprint density at radius 2 is 1.75 bits per heavy atom. The summed E-state index contributed by atoms with van der Waals surface area (Å²) in [7, 11) is 0. The zero-order chi connectivity index (χ0) is 13.8. The minimum atomic E-state index is 0.607. The van der Waals surface area contributed by atoms with Crippen LogP contribution in [0.2, 0.25) is 0 Å². The average molecular weight is 265 g/mol. The van der Waals surface area contributed by atoms with Crippen LogP contribution in [0.4, 0.5) is 5.69 Å². The van der Waals surface area contributed by atoms with Crippen molar-refractivity contribution in [2.24, 2.45) is 0 Å². The SMILES string of the molecule is Cc1ccc(CNc2ccc(-c3nn[nH]n3)cc2)cc1.